The second-order valence-electron chi connectivity index (χ2n) is 15.5. The van der Waals surface area contributed by atoms with Gasteiger partial charge in [-0.25, -0.2) is 8.42 Å². The topological polar surface area (TPSA) is 105 Å². The third-order valence-electron chi connectivity index (χ3n) is 11.3. The van der Waals surface area contributed by atoms with Crippen LogP contribution in [0.4, 0.5) is 11.4 Å². The van der Waals surface area contributed by atoms with Gasteiger partial charge in [0, 0.05) is 76.1 Å². The molecule has 0 amide bonds. The Morgan fingerprint density at radius 3 is 2.25 bits per heavy atom. The second kappa shape index (κ2) is 17.6. The monoisotopic (exact) mass is 820 g/mol. The molecule has 0 unspecified atom stereocenters. The van der Waals surface area contributed by atoms with E-state index in [0.717, 1.165) is 82.6 Å². The molecule has 0 N–H and O–H groups in total. The van der Waals surface area contributed by atoms with Crippen LogP contribution in [0.3, 0.4) is 0 Å². The number of fused-ring (bicyclic) bond motifs is 6. The summed E-state index contributed by atoms with van der Waals surface area (Å²) in [6.07, 6.45) is 12.3. The standard InChI is InChI=1S/C44H47ClN2O6S2.Na/c1-43(2)38(46(26-10-28-54-53-52-48)36-22-18-30-12-5-7-16-34(30)40(36)43)24-20-32-14-9-15-33(42(32)45)21-25-39-44(3,4)41-35-17-8-6-13-31(35)19-23-37(41)47(39)27-11-29-55(49,50)51;/h5-8,12-13,16-25H,9-11,14-15,26-29H2,1-4H3,(H-,48,49,50,51);/q;+1/p-1. The molecule has 3 aliphatic rings. The maximum atomic E-state index is 11.6. The Bertz CT molecular complexity index is 2420. The van der Waals surface area contributed by atoms with Crippen molar-refractivity contribution < 1.29 is 61.7 Å². The van der Waals surface area contributed by atoms with Crippen molar-refractivity contribution in [2.45, 2.75) is 70.6 Å². The fraction of sp³-hybridized carbons (Fsp3) is 0.341. The number of rotatable bonds is 13. The van der Waals surface area contributed by atoms with Gasteiger partial charge in [0.05, 0.1) is 15.5 Å². The third kappa shape index (κ3) is 8.52. The summed E-state index contributed by atoms with van der Waals surface area (Å²) in [5.74, 6) is 0.191. The summed E-state index contributed by atoms with van der Waals surface area (Å²) in [5.41, 5.74) is 8.35. The van der Waals surface area contributed by atoms with Gasteiger partial charge in [-0.1, -0.05) is 92.2 Å². The van der Waals surface area contributed by atoms with E-state index in [1.807, 2.05) is 12.1 Å². The minimum Gasteiger partial charge on any atom is -0.748 e. The van der Waals surface area contributed by atoms with E-state index in [1.54, 1.807) is 0 Å². The molecule has 0 radical (unpaired) electrons. The molecule has 0 saturated heterocycles. The fourth-order valence-electron chi connectivity index (χ4n) is 8.85. The van der Waals surface area contributed by atoms with Crippen molar-refractivity contribution in [3.05, 3.63) is 130 Å². The minimum atomic E-state index is -4.34. The van der Waals surface area contributed by atoms with Crippen molar-refractivity contribution in [3.8, 4) is 0 Å². The predicted molar refractivity (Wildman–Crippen MR) is 222 cm³/mol. The van der Waals surface area contributed by atoms with Crippen molar-refractivity contribution >= 4 is 72.4 Å². The van der Waals surface area contributed by atoms with Crippen LogP contribution in [0, 0.1) is 0 Å². The van der Waals surface area contributed by atoms with E-state index in [2.05, 4.69) is 132 Å². The first-order valence-corrected chi connectivity index (χ1v) is 21.7. The number of hydrogen-bond acceptors (Lipinski definition) is 8. The predicted octanol–water partition coefficient (Wildman–Crippen LogP) is 6.41. The van der Waals surface area contributed by atoms with Gasteiger partial charge in [0.2, 0.25) is 5.69 Å². The Morgan fingerprint density at radius 2 is 1.55 bits per heavy atom. The van der Waals surface area contributed by atoms with E-state index >= 15 is 0 Å². The molecule has 0 atom stereocenters. The van der Waals surface area contributed by atoms with E-state index in [4.69, 9.17) is 11.6 Å². The second-order valence-corrected chi connectivity index (χ2v) is 18.2. The van der Waals surface area contributed by atoms with Crippen molar-refractivity contribution in [3.63, 3.8) is 0 Å². The van der Waals surface area contributed by atoms with Crippen molar-refractivity contribution in [2.24, 2.45) is 0 Å². The molecule has 12 heteroatoms. The van der Waals surface area contributed by atoms with Gasteiger partial charge in [-0.05, 0) is 96.0 Å². The van der Waals surface area contributed by atoms with Crippen LogP contribution in [0.15, 0.2) is 119 Å². The number of nitrogens with zero attached hydrogens (tertiary/aromatic N) is 2. The molecule has 288 valence electrons. The summed E-state index contributed by atoms with van der Waals surface area (Å²) >= 11 is 8.28. The first-order chi connectivity index (χ1) is 26.3. The van der Waals surface area contributed by atoms with E-state index in [9.17, 15) is 18.2 Å². The summed E-state index contributed by atoms with van der Waals surface area (Å²) in [6, 6.07) is 25.4. The average Bonchev–Trinajstić information content (AvgIpc) is 3.51. The van der Waals surface area contributed by atoms with Gasteiger partial charge < -0.3 is 14.7 Å². The Morgan fingerprint density at radius 1 is 0.875 bits per heavy atom. The molecule has 8 nitrogen and oxygen atoms in total. The van der Waals surface area contributed by atoms with Gasteiger partial charge in [0.15, 0.2) is 5.71 Å². The number of allylic oxidation sites excluding steroid dienone is 8. The Hall–Kier alpha value is -2.74. The number of benzene rings is 4. The Balaban J connectivity index is 0.00000532. The van der Waals surface area contributed by atoms with Gasteiger partial charge in [0.25, 0.3) is 0 Å². The summed E-state index contributed by atoms with van der Waals surface area (Å²) in [4.78, 5) is 2.18. The molecular weight excluding hydrogens is 775 g/mol. The summed E-state index contributed by atoms with van der Waals surface area (Å²) in [6.45, 7) is 10.1. The minimum absolute atomic E-state index is 0. The Labute approximate surface area is 361 Å². The molecule has 0 saturated carbocycles. The van der Waals surface area contributed by atoms with Crippen molar-refractivity contribution in [1.29, 1.82) is 0 Å². The zero-order chi connectivity index (χ0) is 39.0. The molecule has 0 bridgehead atoms. The van der Waals surface area contributed by atoms with E-state index in [0.29, 0.717) is 12.3 Å². The van der Waals surface area contributed by atoms with E-state index in [1.165, 1.54) is 33.3 Å². The van der Waals surface area contributed by atoms with Crippen molar-refractivity contribution in [1.82, 2.24) is 0 Å². The molecule has 1 aliphatic carbocycles. The smallest absolute Gasteiger partial charge is 0.748 e. The van der Waals surface area contributed by atoms with Crippen LogP contribution in [0.5, 0.6) is 0 Å². The molecule has 0 aromatic heterocycles. The number of halogens is 1. The first kappa shape index (κ1) is 42.9. The summed E-state index contributed by atoms with van der Waals surface area (Å²) in [7, 11) is -4.34. The fourth-order valence-corrected chi connectivity index (χ4v) is 10.0. The first-order valence-electron chi connectivity index (χ1n) is 18.8. The van der Waals surface area contributed by atoms with Gasteiger partial charge in [0.1, 0.15) is 6.54 Å². The number of anilines is 1. The SMILES string of the molecule is CC1(C)C(=C/C=C2\CCCC(C=CC3=[N+](CCCSOO[O-])c4ccc5ccccc5c4C3(C)C)=C2Cl)N(CCCS(=O)(=O)[O-])c2ccc3ccccc3c21.[Na+]. The zero-order valence-electron chi connectivity index (χ0n) is 32.6. The quantitative estimate of drug-likeness (QED) is 0.0290. The number of hydrogen-bond donors (Lipinski definition) is 0. The third-order valence-corrected chi connectivity index (χ3v) is 13.2. The van der Waals surface area contributed by atoms with Crippen LogP contribution in [0.1, 0.15) is 70.9 Å². The van der Waals surface area contributed by atoms with Crippen LogP contribution in [0.25, 0.3) is 21.5 Å². The van der Waals surface area contributed by atoms with Crippen molar-refractivity contribution in [2.75, 3.05) is 29.5 Å². The molecule has 7 rings (SSSR count). The van der Waals surface area contributed by atoms with Gasteiger partial charge >= 0.3 is 29.6 Å². The van der Waals surface area contributed by atoms with Gasteiger partial charge in [-0.15, -0.1) is 0 Å². The molecule has 4 aromatic carbocycles. The normalized spacial score (nSPS) is 19.2. The molecule has 4 aromatic rings. The largest absolute Gasteiger partial charge is 1.00 e. The van der Waals surface area contributed by atoms with Crippen LogP contribution < -0.4 is 39.7 Å². The van der Waals surface area contributed by atoms with Gasteiger partial charge in [-0.2, -0.15) is 8.91 Å². The maximum Gasteiger partial charge on any atom is 1.00 e. The Kier molecular flexibility index (Phi) is 13.5. The molecule has 56 heavy (non-hydrogen) atoms. The zero-order valence-corrected chi connectivity index (χ0v) is 37.0. The molecule has 0 spiro atoms. The van der Waals surface area contributed by atoms with Crippen LogP contribution in [-0.2, 0) is 30.3 Å². The average molecular weight is 821 g/mol. The maximum absolute atomic E-state index is 11.6. The van der Waals surface area contributed by atoms with Gasteiger partial charge in [-0.3, -0.25) is 5.04 Å². The van der Waals surface area contributed by atoms with Crippen LogP contribution in [-0.4, -0.2) is 47.9 Å². The molecule has 0 fully saturated rings. The van der Waals surface area contributed by atoms with Crippen LogP contribution in [0.2, 0.25) is 0 Å². The molecule has 2 heterocycles. The molecular formula is C44H46ClN2NaO6S2. The van der Waals surface area contributed by atoms with E-state index < -0.39 is 21.3 Å². The molecule has 2 aliphatic heterocycles. The summed E-state index contributed by atoms with van der Waals surface area (Å²) < 4.78 is 41.6. The van der Waals surface area contributed by atoms with E-state index in [-0.39, 0.29) is 41.4 Å². The van der Waals surface area contributed by atoms with Crippen LogP contribution >= 0.6 is 23.6 Å². The summed E-state index contributed by atoms with van der Waals surface area (Å²) in [5, 5.41) is 19.4.